The van der Waals surface area contributed by atoms with E-state index in [9.17, 15) is 12.8 Å². The normalized spacial score (nSPS) is 19.3. The molecule has 2 aliphatic rings. The Kier molecular flexibility index (Phi) is 5.49. The minimum atomic E-state index is -3.42. The lowest BCUT2D eigenvalue weighted by molar-refractivity contribution is 0.284. The molecule has 1 aromatic rings. The summed E-state index contributed by atoms with van der Waals surface area (Å²) in [6.07, 6.45) is 9.16. The maximum Gasteiger partial charge on any atom is 0.215 e. The highest BCUT2D eigenvalue weighted by Gasteiger charge is 2.47. The third-order valence-electron chi connectivity index (χ3n) is 4.69. The molecule has 3 rings (SSSR count). The second kappa shape index (κ2) is 7.46. The molecular weight excluding hydrogens is 341 g/mol. The van der Waals surface area contributed by atoms with Gasteiger partial charge in [-0.05, 0) is 55.7 Å². The van der Waals surface area contributed by atoms with Crippen LogP contribution in [0.3, 0.4) is 0 Å². The molecule has 0 heterocycles. The molecule has 0 atom stereocenters. The topological polar surface area (TPSA) is 55.4 Å². The van der Waals surface area contributed by atoms with Gasteiger partial charge in [0.25, 0.3) is 0 Å². The Bertz CT molecular complexity index is 737. The van der Waals surface area contributed by atoms with E-state index in [2.05, 4.69) is 4.72 Å². The predicted molar refractivity (Wildman–Crippen MR) is 96.5 cm³/mol. The molecule has 0 spiro atoms. The van der Waals surface area contributed by atoms with Crippen molar-refractivity contribution >= 4 is 10.0 Å². The number of allylic oxidation sites excluding steroid dienone is 1. The zero-order chi connectivity index (χ0) is 17.9. The van der Waals surface area contributed by atoms with Gasteiger partial charge in [0, 0.05) is 0 Å². The van der Waals surface area contributed by atoms with E-state index in [-0.39, 0.29) is 11.5 Å². The maximum atomic E-state index is 14.0. The molecule has 1 aromatic carbocycles. The Morgan fingerprint density at radius 1 is 1.32 bits per heavy atom. The number of sulfonamides is 1. The molecule has 2 fully saturated rings. The molecule has 6 heteroatoms. The van der Waals surface area contributed by atoms with Gasteiger partial charge in [-0.15, -0.1) is 0 Å². The lowest BCUT2D eigenvalue weighted by Gasteiger charge is -2.19. The first-order valence-electron chi connectivity index (χ1n) is 9.03. The van der Waals surface area contributed by atoms with E-state index in [0.29, 0.717) is 12.5 Å². The zero-order valence-electron chi connectivity index (χ0n) is 14.6. The Balaban J connectivity index is 1.68. The molecule has 0 aromatic heterocycles. The number of benzene rings is 1. The fourth-order valence-electron chi connectivity index (χ4n) is 2.80. The number of unbranched alkanes of at least 4 members (excludes halogenated alkanes) is 1. The smallest absolute Gasteiger partial charge is 0.215 e. The number of hydrogen-bond donors (Lipinski definition) is 1. The summed E-state index contributed by atoms with van der Waals surface area (Å²) < 4.78 is 47.0. The largest absolute Gasteiger partial charge is 0.490 e. The van der Waals surface area contributed by atoms with Gasteiger partial charge in [-0.3, -0.25) is 0 Å². The SMILES string of the molecule is CCC/C=C/CS(=O)(=O)NC1(c2ccc(F)c(OCC3CC3)c2)CC1. The van der Waals surface area contributed by atoms with Crippen LogP contribution in [0, 0.1) is 11.7 Å². The average molecular weight is 367 g/mol. The molecule has 0 unspecified atom stereocenters. The summed E-state index contributed by atoms with van der Waals surface area (Å²) in [6.45, 7) is 2.58. The number of ether oxygens (including phenoxy) is 1. The molecule has 138 valence electrons. The lowest BCUT2D eigenvalue weighted by atomic mass is 10.1. The van der Waals surface area contributed by atoms with Crippen molar-refractivity contribution in [3.8, 4) is 5.75 Å². The summed E-state index contributed by atoms with van der Waals surface area (Å²) in [5, 5.41) is 0. The molecule has 0 aliphatic heterocycles. The van der Waals surface area contributed by atoms with E-state index >= 15 is 0 Å². The van der Waals surface area contributed by atoms with Gasteiger partial charge in [-0.2, -0.15) is 0 Å². The minimum absolute atomic E-state index is 0.0268. The first-order valence-corrected chi connectivity index (χ1v) is 10.7. The second-order valence-electron chi connectivity index (χ2n) is 7.13. The highest BCUT2D eigenvalue weighted by molar-refractivity contribution is 7.89. The fraction of sp³-hybridized carbons (Fsp3) is 0.579. The van der Waals surface area contributed by atoms with Gasteiger partial charge in [0.15, 0.2) is 11.6 Å². The molecule has 4 nitrogen and oxygen atoms in total. The van der Waals surface area contributed by atoms with Crippen LogP contribution in [-0.2, 0) is 15.6 Å². The van der Waals surface area contributed by atoms with Crippen molar-refractivity contribution in [2.75, 3.05) is 12.4 Å². The van der Waals surface area contributed by atoms with E-state index in [4.69, 9.17) is 4.74 Å². The molecule has 2 saturated carbocycles. The number of nitrogens with one attached hydrogen (secondary N) is 1. The van der Waals surface area contributed by atoms with Gasteiger partial charge in [-0.25, -0.2) is 17.5 Å². The third-order valence-corrected chi connectivity index (χ3v) is 6.03. The van der Waals surface area contributed by atoms with Crippen molar-refractivity contribution in [2.24, 2.45) is 5.92 Å². The number of rotatable bonds is 10. The van der Waals surface area contributed by atoms with Gasteiger partial charge in [-0.1, -0.05) is 31.6 Å². The Morgan fingerprint density at radius 2 is 2.08 bits per heavy atom. The van der Waals surface area contributed by atoms with E-state index in [1.54, 1.807) is 18.2 Å². The van der Waals surface area contributed by atoms with E-state index < -0.39 is 21.4 Å². The first kappa shape index (κ1) is 18.4. The highest BCUT2D eigenvalue weighted by Crippen LogP contribution is 2.47. The van der Waals surface area contributed by atoms with E-state index in [0.717, 1.165) is 44.1 Å². The molecule has 0 radical (unpaired) electrons. The third kappa shape index (κ3) is 5.05. The van der Waals surface area contributed by atoms with Crippen LogP contribution < -0.4 is 9.46 Å². The summed E-state index contributed by atoms with van der Waals surface area (Å²) >= 11 is 0. The second-order valence-corrected chi connectivity index (χ2v) is 8.89. The Labute approximate surface area is 149 Å². The molecular formula is C19H26FNO3S. The van der Waals surface area contributed by atoms with Crippen molar-refractivity contribution in [3.63, 3.8) is 0 Å². The molecule has 1 N–H and O–H groups in total. The predicted octanol–water partition coefficient (Wildman–Crippen LogP) is 3.88. The fourth-order valence-corrected chi connectivity index (χ4v) is 4.19. The van der Waals surface area contributed by atoms with Crippen molar-refractivity contribution in [1.29, 1.82) is 0 Å². The molecule has 0 amide bonds. The summed E-state index contributed by atoms with van der Waals surface area (Å²) in [4.78, 5) is 0. The monoisotopic (exact) mass is 367 g/mol. The summed E-state index contributed by atoms with van der Waals surface area (Å²) in [5.41, 5.74) is 0.170. The van der Waals surface area contributed by atoms with Gasteiger partial charge >= 0.3 is 0 Å². The van der Waals surface area contributed by atoms with E-state index in [1.807, 2.05) is 13.0 Å². The van der Waals surface area contributed by atoms with E-state index in [1.165, 1.54) is 6.07 Å². The van der Waals surface area contributed by atoms with Crippen LogP contribution in [0.25, 0.3) is 0 Å². The van der Waals surface area contributed by atoms with Crippen LogP contribution in [0.5, 0.6) is 5.75 Å². The first-order chi connectivity index (χ1) is 11.9. The van der Waals surface area contributed by atoms with Crippen molar-refractivity contribution in [3.05, 3.63) is 41.7 Å². The molecule has 2 aliphatic carbocycles. The number of halogens is 1. The van der Waals surface area contributed by atoms with Crippen LogP contribution in [0.15, 0.2) is 30.4 Å². The van der Waals surface area contributed by atoms with Crippen LogP contribution in [0.2, 0.25) is 0 Å². The van der Waals surface area contributed by atoms with Crippen molar-refractivity contribution < 1.29 is 17.5 Å². The lowest BCUT2D eigenvalue weighted by Crippen LogP contribution is -2.36. The molecule has 0 bridgehead atoms. The minimum Gasteiger partial charge on any atom is -0.490 e. The van der Waals surface area contributed by atoms with Crippen LogP contribution >= 0.6 is 0 Å². The van der Waals surface area contributed by atoms with Crippen molar-refractivity contribution in [1.82, 2.24) is 4.72 Å². The standard InChI is InChI=1S/C19H26FNO3S/c1-2-3-4-5-12-25(22,23)21-19(10-11-19)16-8-9-17(20)18(13-16)24-14-15-6-7-15/h4-5,8-9,13,15,21H,2-3,6-7,10-12,14H2,1H3/b5-4+. The van der Waals surface area contributed by atoms with Crippen LogP contribution in [0.4, 0.5) is 4.39 Å². The number of hydrogen-bond acceptors (Lipinski definition) is 3. The molecule has 25 heavy (non-hydrogen) atoms. The Morgan fingerprint density at radius 3 is 2.72 bits per heavy atom. The summed E-state index contributed by atoms with van der Waals surface area (Å²) in [6, 6.07) is 4.68. The summed E-state index contributed by atoms with van der Waals surface area (Å²) in [5.74, 6) is 0.329. The van der Waals surface area contributed by atoms with Gasteiger partial charge < -0.3 is 4.74 Å². The summed E-state index contributed by atoms with van der Waals surface area (Å²) in [7, 11) is -3.42. The van der Waals surface area contributed by atoms with Gasteiger partial charge in [0.05, 0.1) is 17.9 Å². The van der Waals surface area contributed by atoms with Crippen LogP contribution in [-0.4, -0.2) is 20.8 Å². The van der Waals surface area contributed by atoms with Gasteiger partial charge in [0.1, 0.15) is 0 Å². The Hall–Kier alpha value is -1.40. The average Bonchev–Trinajstić information content (AvgIpc) is 3.47. The highest BCUT2D eigenvalue weighted by atomic mass is 32.2. The van der Waals surface area contributed by atoms with Crippen LogP contribution in [0.1, 0.15) is 51.0 Å². The van der Waals surface area contributed by atoms with Gasteiger partial charge in [0.2, 0.25) is 10.0 Å². The zero-order valence-corrected chi connectivity index (χ0v) is 15.4. The quantitative estimate of drug-likeness (QED) is 0.639. The molecule has 0 saturated heterocycles. The maximum absolute atomic E-state index is 14.0. The van der Waals surface area contributed by atoms with Crippen molar-refractivity contribution in [2.45, 2.75) is 51.0 Å².